The molecule has 0 aliphatic carbocycles. The second-order valence-corrected chi connectivity index (χ2v) is 3.49. The molecule has 1 rings (SSSR count). The number of aromatic nitrogens is 1. The molecule has 0 radical (unpaired) electrons. The van der Waals surface area contributed by atoms with Crippen LogP contribution in [0.2, 0.25) is 0 Å². The van der Waals surface area contributed by atoms with Crippen LogP contribution in [-0.2, 0) is 5.60 Å². The first kappa shape index (κ1) is 9.99. The highest BCUT2D eigenvalue weighted by atomic mass is 16.3. The predicted molar refractivity (Wildman–Crippen MR) is 53.1 cm³/mol. The molecule has 1 atom stereocenters. The summed E-state index contributed by atoms with van der Waals surface area (Å²) in [6.07, 6.45) is 4.87. The van der Waals surface area contributed by atoms with Crippen LogP contribution in [0.5, 0.6) is 0 Å². The van der Waals surface area contributed by atoms with Gasteiger partial charge in [-0.2, -0.15) is 0 Å². The maximum atomic E-state index is 10.0. The molecule has 0 aromatic carbocycles. The highest BCUT2D eigenvalue weighted by Crippen LogP contribution is 2.29. The van der Waals surface area contributed by atoms with E-state index in [0.717, 1.165) is 12.0 Å². The van der Waals surface area contributed by atoms with Crippen molar-refractivity contribution in [3.05, 3.63) is 24.0 Å². The van der Waals surface area contributed by atoms with Crippen molar-refractivity contribution in [2.45, 2.75) is 32.3 Å². The van der Waals surface area contributed by atoms with Gasteiger partial charge in [0.2, 0.25) is 0 Å². The molecule has 72 valence electrons. The van der Waals surface area contributed by atoms with Crippen molar-refractivity contribution in [2.75, 3.05) is 5.73 Å². The van der Waals surface area contributed by atoms with E-state index in [1.165, 1.54) is 0 Å². The van der Waals surface area contributed by atoms with Crippen LogP contribution in [0.1, 0.15) is 32.3 Å². The molecule has 0 spiro atoms. The van der Waals surface area contributed by atoms with Crippen LogP contribution < -0.4 is 5.73 Å². The third-order valence-corrected chi connectivity index (χ3v) is 2.17. The highest BCUT2D eigenvalue weighted by molar-refractivity contribution is 5.47. The summed E-state index contributed by atoms with van der Waals surface area (Å²) in [5.41, 5.74) is 6.21. The van der Waals surface area contributed by atoms with Gasteiger partial charge in [0.1, 0.15) is 0 Å². The Labute approximate surface area is 78.6 Å². The van der Waals surface area contributed by atoms with Crippen molar-refractivity contribution in [2.24, 2.45) is 0 Å². The van der Waals surface area contributed by atoms with Crippen LogP contribution in [0, 0.1) is 0 Å². The maximum Gasteiger partial charge on any atom is 0.0903 e. The lowest BCUT2D eigenvalue weighted by Gasteiger charge is -2.24. The molecule has 0 amide bonds. The van der Waals surface area contributed by atoms with Gasteiger partial charge in [0.25, 0.3) is 0 Å². The van der Waals surface area contributed by atoms with E-state index in [2.05, 4.69) is 4.98 Å². The Hall–Kier alpha value is -1.09. The van der Waals surface area contributed by atoms with Gasteiger partial charge >= 0.3 is 0 Å². The van der Waals surface area contributed by atoms with Crippen LogP contribution in [0.4, 0.5) is 5.69 Å². The fraction of sp³-hybridized carbons (Fsp3) is 0.500. The molecular weight excluding hydrogens is 164 g/mol. The molecule has 1 aromatic heterocycles. The predicted octanol–water partition coefficient (Wildman–Crippen LogP) is 1.67. The highest BCUT2D eigenvalue weighted by Gasteiger charge is 2.24. The third-order valence-electron chi connectivity index (χ3n) is 2.17. The molecule has 3 N–H and O–H groups in total. The summed E-state index contributed by atoms with van der Waals surface area (Å²) in [6, 6.07) is 1.71. The molecule has 1 unspecified atom stereocenters. The normalized spacial score (nSPS) is 15.3. The Kier molecular flexibility index (Phi) is 2.88. The molecule has 0 aliphatic heterocycles. The molecule has 13 heavy (non-hydrogen) atoms. The first-order valence-electron chi connectivity index (χ1n) is 4.50. The Bertz CT molecular complexity index is 284. The number of nitrogens with two attached hydrogens (primary N) is 1. The summed E-state index contributed by atoms with van der Waals surface area (Å²) >= 11 is 0. The second-order valence-electron chi connectivity index (χ2n) is 3.49. The monoisotopic (exact) mass is 180 g/mol. The van der Waals surface area contributed by atoms with Crippen LogP contribution in [0.15, 0.2) is 18.5 Å². The van der Waals surface area contributed by atoms with Crippen molar-refractivity contribution < 1.29 is 5.11 Å². The van der Waals surface area contributed by atoms with Gasteiger partial charge in [0.05, 0.1) is 5.60 Å². The molecular formula is C10H16N2O. The average Bonchev–Trinajstić information content (AvgIpc) is 2.04. The number of aliphatic hydroxyl groups is 1. The summed E-state index contributed by atoms with van der Waals surface area (Å²) in [6.45, 7) is 3.80. The van der Waals surface area contributed by atoms with Crippen LogP contribution >= 0.6 is 0 Å². The minimum absolute atomic E-state index is 0.605. The first-order valence-corrected chi connectivity index (χ1v) is 4.50. The topological polar surface area (TPSA) is 59.1 Å². The van der Waals surface area contributed by atoms with Crippen molar-refractivity contribution in [1.82, 2.24) is 4.98 Å². The fourth-order valence-corrected chi connectivity index (χ4v) is 1.48. The summed E-state index contributed by atoms with van der Waals surface area (Å²) < 4.78 is 0. The molecule has 0 saturated carbocycles. The average molecular weight is 180 g/mol. The maximum absolute atomic E-state index is 10.0. The molecule has 1 heterocycles. The summed E-state index contributed by atoms with van der Waals surface area (Å²) in [4.78, 5) is 3.95. The number of hydrogen-bond donors (Lipinski definition) is 2. The molecule has 3 heteroatoms. The van der Waals surface area contributed by atoms with Crippen molar-refractivity contribution in [3.63, 3.8) is 0 Å². The quantitative estimate of drug-likeness (QED) is 0.743. The van der Waals surface area contributed by atoms with Crippen molar-refractivity contribution >= 4 is 5.69 Å². The van der Waals surface area contributed by atoms with Gasteiger partial charge in [-0.05, 0) is 19.4 Å². The molecule has 0 aliphatic rings. The van der Waals surface area contributed by atoms with E-state index in [-0.39, 0.29) is 0 Å². The molecule has 0 bridgehead atoms. The Morgan fingerprint density at radius 3 is 2.85 bits per heavy atom. The van der Waals surface area contributed by atoms with Crippen LogP contribution in [0.25, 0.3) is 0 Å². The van der Waals surface area contributed by atoms with E-state index in [1.807, 2.05) is 6.92 Å². The van der Waals surface area contributed by atoms with E-state index in [9.17, 15) is 5.11 Å². The van der Waals surface area contributed by atoms with E-state index < -0.39 is 5.60 Å². The standard InChI is InChI=1S/C10H16N2O/c1-3-5-10(2,13)8-7-12-6-4-9(8)11/h4,6-7,13H,3,5H2,1-2H3,(H2,11,12). The van der Waals surface area contributed by atoms with Gasteiger partial charge in [0, 0.05) is 23.6 Å². The molecule has 0 fully saturated rings. The first-order chi connectivity index (χ1) is 6.08. The zero-order valence-corrected chi connectivity index (χ0v) is 8.12. The Morgan fingerprint density at radius 1 is 1.62 bits per heavy atom. The lowest BCUT2D eigenvalue weighted by molar-refractivity contribution is 0.0474. The second kappa shape index (κ2) is 3.75. The Morgan fingerprint density at radius 2 is 2.31 bits per heavy atom. The number of nitrogen functional groups attached to an aromatic ring is 1. The third kappa shape index (κ3) is 2.18. The SMILES string of the molecule is CCCC(C)(O)c1cnccc1N. The number of anilines is 1. The van der Waals surface area contributed by atoms with E-state index in [1.54, 1.807) is 25.4 Å². The Balaban J connectivity index is 2.99. The van der Waals surface area contributed by atoms with Gasteiger partial charge < -0.3 is 10.8 Å². The zero-order valence-electron chi connectivity index (χ0n) is 8.12. The van der Waals surface area contributed by atoms with Crippen LogP contribution in [0.3, 0.4) is 0 Å². The minimum atomic E-state index is -0.854. The fourth-order valence-electron chi connectivity index (χ4n) is 1.48. The lowest BCUT2D eigenvalue weighted by atomic mass is 9.92. The van der Waals surface area contributed by atoms with Crippen LogP contribution in [-0.4, -0.2) is 10.1 Å². The summed E-state index contributed by atoms with van der Waals surface area (Å²) in [5, 5.41) is 10.0. The minimum Gasteiger partial charge on any atom is -0.398 e. The largest absolute Gasteiger partial charge is 0.398 e. The van der Waals surface area contributed by atoms with Gasteiger partial charge in [-0.1, -0.05) is 13.3 Å². The van der Waals surface area contributed by atoms with Gasteiger partial charge in [-0.3, -0.25) is 4.98 Å². The number of rotatable bonds is 3. The number of pyridine rings is 1. The van der Waals surface area contributed by atoms with Gasteiger partial charge in [-0.15, -0.1) is 0 Å². The molecule has 1 aromatic rings. The van der Waals surface area contributed by atoms with Gasteiger partial charge in [0.15, 0.2) is 0 Å². The zero-order chi connectivity index (χ0) is 9.90. The van der Waals surface area contributed by atoms with E-state index >= 15 is 0 Å². The smallest absolute Gasteiger partial charge is 0.0903 e. The molecule has 0 saturated heterocycles. The number of hydrogen-bond acceptors (Lipinski definition) is 3. The number of nitrogens with zero attached hydrogens (tertiary/aromatic N) is 1. The van der Waals surface area contributed by atoms with Gasteiger partial charge in [-0.25, -0.2) is 0 Å². The van der Waals surface area contributed by atoms with E-state index in [4.69, 9.17) is 5.73 Å². The molecule has 3 nitrogen and oxygen atoms in total. The summed E-state index contributed by atoms with van der Waals surface area (Å²) in [5.74, 6) is 0. The summed E-state index contributed by atoms with van der Waals surface area (Å²) in [7, 11) is 0. The lowest BCUT2D eigenvalue weighted by Crippen LogP contribution is -2.22. The van der Waals surface area contributed by atoms with Crippen molar-refractivity contribution in [1.29, 1.82) is 0 Å². The van der Waals surface area contributed by atoms with Crippen molar-refractivity contribution in [3.8, 4) is 0 Å². The van der Waals surface area contributed by atoms with E-state index in [0.29, 0.717) is 12.1 Å².